The van der Waals surface area contributed by atoms with E-state index in [0.29, 0.717) is 5.03 Å². The zero-order chi connectivity index (χ0) is 15.0. The molecule has 2 nitrogen and oxygen atoms in total. The molecule has 0 bridgehead atoms. The number of allylic oxidation sites excluding steroid dienone is 5. The molecule has 1 aliphatic carbocycles. The standard InChI is InChI=1S/C17H22ClNO/c1-5-17(6-2)14-11-12(18)9-7-8-10-13(14)16(3,4)19-15(17)20/h7-11H,5-6H2,1-4H3,(H,19,20)/b8-7?,9-7+,10-8+,12-9?,12-11+,13-10?,14-11?. The summed E-state index contributed by atoms with van der Waals surface area (Å²) in [5.41, 5.74) is 1.33. The smallest absolute Gasteiger partial charge is 0.231 e. The fraction of sp³-hybridized carbons (Fsp3) is 0.471. The number of amides is 1. The van der Waals surface area contributed by atoms with Crippen LogP contribution in [-0.2, 0) is 4.79 Å². The number of hydrogen-bond acceptors (Lipinski definition) is 1. The zero-order valence-corrected chi connectivity index (χ0v) is 13.3. The van der Waals surface area contributed by atoms with Gasteiger partial charge in [-0.05, 0) is 50.0 Å². The largest absolute Gasteiger partial charge is 0.346 e. The van der Waals surface area contributed by atoms with Gasteiger partial charge < -0.3 is 5.32 Å². The van der Waals surface area contributed by atoms with Gasteiger partial charge in [0, 0.05) is 5.03 Å². The van der Waals surface area contributed by atoms with Crippen molar-refractivity contribution in [2.75, 3.05) is 0 Å². The van der Waals surface area contributed by atoms with Crippen LogP contribution < -0.4 is 5.32 Å². The molecule has 0 unspecified atom stereocenters. The average Bonchev–Trinajstić information content (AvgIpc) is 2.35. The maximum atomic E-state index is 12.7. The molecule has 0 atom stereocenters. The second-order valence-electron chi connectivity index (χ2n) is 5.94. The van der Waals surface area contributed by atoms with E-state index in [0.717, 1.165) is 24.0 Å². The van der Waals surface area contributed by atoms with Gasteiger partial charge in [-0.3, -0.25) is 4.79 Å². The van der Waals surface area contributed by atoms with Crippen LogP contribution in [0.5, 0.6) is 0 Å². The first-order valence-corrected chi connectivity index (χ1v) is 7.55. The van der Waals surface area contributed by atoms with E-state index in [1.807, 2.05) is 38.2 Å². The zero-order valence-electron chi connectivity index (χ0n) is 12.6. The van der Waals surface area contributed by atoms with Crippen LogP contribution in [0, 0.1) is 5.41 Å². The Hall–Kier alpha value is -1.28. The number of halogens is 1. The van der Waals surface area contributed by atoms with Crippen molar-refractivity contribution in [3.05, 3.63) is 46.6 Å². The van der Waals surface area contributed by atoms with Crippen molar-refractivity contribution >= 4 is 17.5 Å². The van der Waals surface area contributed by atoms with Crippen molar-refractivity contribution in [2.24, 2.45) is 5.41 Å². The van der Waals surface area contributed by atoms with Gasteiger partial charge >= 0.3 is 0 Å². The second-order valence-corrected chi connectivity index (χ2v) is 6.38. The van der Waals surface area contributed by atoms with Crippen LogP contribution >= 0.6 is 11.6 Å². The highest BCUT2D eigenvalue weighted by molar-refractivity contribution is 6.31. The highest BCUT2D eigenvalue weighted by Crippen LogP contribution is 2.45. The van der Waals surface area contributed by atoms with Gasteiger partial charge in [0.1, 0.15) is 0 Å². The summed E-state index contributed by atoms with van der Waals surface area (Å²) in [6, 6.07) is 0. The Bertz CT molecular complexity index is 545. The summed E-state index contributed by atoms with van der Waals surface area (Å²) >= 11 is 6.27. The average molecular weight is 292 g/mol. The Labute approximate surface area is 126 Å². The van der Waals surface area contributed by atoms with Gasteiger partial charge in [-0.2, -0.15) is 0 Å². The van der Waals surface area contributed by atoms with E-state index < -0.39 is 5.41 Å². The summed E-state index contributed by atoms with van der Waals surface area (Å²) in [7, 11) is 0. The van der Waals surface area contributed by atoms with Crippen molar-refractivity contribution in [1.82, 2.24) is 5.32 Å². The first-order chi connectivity index (χ1) is 9.37. The molecule has 0 fully saturated rings. The molecule has 1 N–H and O–H groups in total. The monoisotopic (exact) mass is 291 g/mol. The van der Waals surface area contributed by atoms with Crippen molar-refractivity contribution in [3.63, 3.8) is 0 Å². The molecule has 0 aromatic heterocycles. The summed E-state index contributed by atoms with van der Waals surface area (Å²) in [6.07, 6.45) is 11.4. The maximum Gasteiger partial charge on any atom is 0.231 e. The molecule has 1 amide bonds. The van der Waals surface area contributed by atoms with Gasteiger partial charge in [0.2, 0.25) is 5.91 Å². The predicted octanol–water partition coefficient (Wildman–Crippen LogP) is 4.25. The molecule has 108 valence electrons. The van der Waals surface area contributed by atoms with Crippen LogP contribution in [0.1, 0.15) is 40.5 Å². The minimum absolute atomic E-state index is 0.102. The summed E-state index contributed by atoms with van der Waals surface area (Å²) in [5.74, 6) is 0.102. The third-order valence-corrected chi connectivity index (χ3v) is 4.69. The number of hydrogen-bond donors (Lipinski definition) is 1. The SMILES string of the molecule is CCC1(CC)C(=O)NC(C)(C)C2=C1\C=C(Cl)/C=C/C=C/2. The van der Waals surface area contributed by atoms with E-state index in [-0.39, 0.29) is 11.4 Å². The number of rotatable bonds is 2. The van der Waals surface area contributed by atoms with E-state index in [1.54, 1.807) is 0 Å². The van der Waals surface area contributed by atoms with Gasteiger partial charge in [-0.15, -0.1) is 0 Å². The lowest BCUT2D eigenvalue weighted by molar-refractivity contribution is -0.131. The van der Waals surface area contributed by atoms with Gasteiger partial charge in [0.15, 0.2) is 0 Å². The van der Waals surface area contributed by atoms with Gasteiger partial charge in [0.25, 0.3) is 0 Å². The highest BCUT2D eigenvalue weighted by Gasteiger charge is 2.47. The topological polar surface area (TPSA) is 29.1 Å². The fourth-order valence-electron chi connectivity index (χ4n) is 3.14. The van der Waals surface area contributed by atoms with Crippen LogP contribution in [-0.4, -0.2) is 11.4 Å². The first-order valence-electron chi connectivity index (χ1n) is 7.17. The number of carbonyl (C=O) groups excluding carboxylic acids is 1. The molecule has 1 aliphatic heterocycles. The van der Waals surface area contributed by atoms with E-state index in [4.69, 9.17) is 11.6 Å². The molecule has 0 saturated carbocycles. The molecule has 1 heterocycles. The lowest BCUT2D eigenvalue weighted by Crippen LogP contribution is -2.56. The number of nitrogens with one attached hydrogen (secondary N) is 1. The van der Waals surface area contributed by atoms with Gasteiger partial charge in [0.05, 0.1) is 11.0 Å². The molecule has 0 saturated heterocycles. The normalized spacial score (nSPS) is 29.4. The summed E-state index contributed by atoms with van der Waals surface area (Å²) < 4.78 is 0. The van der Waals surface area contributed by atoms with Crippen LogP contribution in [0.2, 0.25) is 0 Å². The quantitative estimate of drug-likeness (QED) is 0.810. The van der Waals surface area contributed by atoms with Crippen molar-refractivity contribution < 1.29 is 4.79 Å². The van der Waals surface area contributed by atoms with Crippen LogP contribution in [0.15, 0.2) is 46.6 Å². The fourth-order valence-corrected chi connectivity index (χ4v) is 3.32. The molecule has 2 aliphatic rings. The maximum absolute atomic E-state index is 12.7. The Morgan fingerprint density at radius 2 is 1.70 bits per heavy atom. The van der Waals surface area contributed by atoms with E-state index in [9.17, 15) is 4.79 Å². The number of carbonyl (C=O) groups is 1. The van der Waals surface area contributed by atoms with Crippen molar-refractivity contribution in [3.8, 4) is 0 Å². The minimum Gasteiger partial charge on any atom is -0.346 e. The summed E-state index contributed by atoms with van der Waals surface area (Å²) in [4.78, 5) is 12.7. The van der Waals surface area contributed by atoms with Gasteiger partial charge in [-0.25, -0.2) is 0 Å². The van der Waals surface area contributed by atoms with Crippen molar-refractivity contribution in [1.29, 1.82) is 0 Å². The van der Waals surface area contributed by atoms with Crippen LogP contribution in [0.3, 0.4) is 0 Å². The second kappa shape index (κ2) is 5.25. The van der Waals surface area contributed by atoms with Crippen molar-refractivity contribution in [2.45, 2.75) is 46.1 Å². The van der Waals surface area contributed by atoms with Crippen LogP contribution in [0.4, 0.5) is 0 Å². The molecule has 2 rings (SSSR count). The van der Waals surface area contributed by atoms with Crippen LogP contribution in [0.25, 0.3) is 0 Å². The molecular formula is C17H22ClNO. The predicted molar refractivity (Wildman–Crippen MR) is 84.5 cm³/mol. The Kier molecular flexibility index (Phi) is 3.97. The molecule has 20 heavy (non-hydrogen) atoms. The molecule has 0 aromatic carbocycles. The van der Waals surface area contributed by atoms with E-state index >= 15 is 0 Å². The third-order valence-electron chi connectivity index (χ3n) is 4.46. The molecule has 0 spiro atoms. The lowest BCUT2D eigenvalue weighted by Gasteiger charge is -2.45. The Morgan fingerprint density at radius 3 is 2.30 bits per heavy atom. The Balaban J connectivity index is 2.77. The molecule has 0 radical (unpaired) electrons. The van der Waals surface area contributed by atoms with E-state index in [2.05, 4.69) is 25.2 Å². The first kappa shape index (κ1) is 15.1. The molecule has 0 aromatic rings. The summed E-state index contributed by atoms with van der Waals surface area (Å²) in [6.45, 7) is 8.19. The third kappa shape index (κ3) is 2.26. The van der Waals surface area contributed by atoms with E-state index in [1.165, 1.54) is 0 Å². The lowest BCUT2D eigenvalue weighted by atomic mass is 9.66. The Morgan fingerprint density at radius 1 is 1.10 bits per heavy atom. The molecular weight excluding hydrogens is 270 g/mol. The molecule has 3 heteroatoms. The van der Waals surface area contributed by atoms with Gasteiger partial charge in [-0.1, -0.05) is 43.7 Å². The summed E-state index contributed by atoms with van der Waals surface area (Å²) in [5, 5.41) is 3.83. The highest BCUT2D eigenvalue weighted by atomic mass is 35.5. The minimum atomic E-state index is -0.486.